The maximum absolute atomic E-state index is 10.8. The van der Waals surface area contributed by atoms with E-state index in [1.54, 1.807) is 6.08 Å². The van der Waals surface area contributed by atoms with Crippen molar-refractivity contribution >= 4 is 11.8 Å². The van der Waals surface area contributed by atoms with Gasteiger partial charge >= 0.3 is 5.97 Å². The largest absolute Gasteiger partial charge is 0.475 e. The molecule has 0 unspecified atom stereocenters. The minimum atomic E-state index is -1.41. The van der Waals surface area contributed by atoms with Crippen LogP contribution >= 0.6 is 0 Å². The van der Waals surface area contributed by atoms with Gasteiger partial charge in [0, 0.05) is 0 Å². The summed E-state index contributed by atoms with van der Waals surface area (Å²) in [5, 5.41) is 8.38. The van der Waals surface area contributed by atoms with Gasteiger partial charge in [-0.05, 0) is 25.3 Å². The zero-order chi connectivity index (χ0) is 17.2. The van der Waals surface area contributed by atoms with Crippen LogP contribution in [0, 0.1) is 0 Å². The van der Waals surface area contributed by atoms with Gasteiger partial charge in [0.2, 0.25) is 0 Å². The van der Waals surface area contributed by atoms with E-state index >= 15 is 0 Å². The van der Waals surface area contributed by atoms with Gasteiger partial charge in [0.25, 0.3) is 5.78 Å². The molecule has 0 atom stereocenters. The second kappa shape index (κ2) is 16.7. The molecule has 0 spiro atoms. The molecule has 130 valence electrons. The number of carbonyl (C=O) groups excluding carboxylic acids is 1. The van der Waals surface area contributed by atoms with Crippen LogP contribution in [0.15, 0.2) is 36.5 Å². The second-order valence-electron chi connectivity index (χ2n) is 5.78. The quantitative estimate of drug-likeness (QED) is 0.184. The number of allylic oxidation sites excluding steroid dienone is 5. The molecule has 0 heterocycles. The van der Waals surface area contributed by atoms with Gasteiger partial charge in [0.15, 0.2) is 0 Å². The highest BCUT2D eigenvalue weighted by Gasteiger charge is 2.04. The monoisotopic (exact) mass is 320 g/mol. The molecule has 0 amide bonds. The molecule has 0 saturated carbocycles. The highest BCUT2D eigenvalue weighted by Crippen LogP contribution is 2.10. The van der Waals surface area contributed by atoms with E-state index in [0.29, 0.717) is 6.42 Å². The molecule has 3 nitrogen and oxygen atoms in total. The van der Waals surface area contributed by atoms with Crippen LogP contribution in [0.2, 0.25) is 0 Å². The molecule has 3 heteroatoms. The lowest BCUT2D eigenvalue weighted by molar-refractivity contribution is -0.146. The summed E-state index contributed by atoms with van der Waals surface area (Å²) in [6, 6.07) is 0. The number of hydrogen-bond donors (Lipinski definition) is 1. The highest BCUT2D eigenvalue weighted by atomic mass is 16.4. The van der Waals surface area contributed by atoms with Crippen molar-refractivity contribution in [2.24, 2.45) is 0 Å². The Morgan fingerprint density at radius 3 is 1.96 bits per heavy atom. The van der Waals surface area contributed by atoms with Crippen LogP contribution in [-0.4, -0.2) is 16.9 Å². The Morgan fingerprint density at radius 1 is 0.783 bits per heavy atom. The van der Waals surface area contributed by atoms with Crippen LogP contribution < -0.4 is 0 Å². The van der Waals surface area contributed by atoms with E-state index in [-0.39, 0.29) is 0 Å². The molecule has 0 radical (unpaired) electrons. The smallest absolute Gasteiger partial charge is 0.376 e. The molecule has 0 rings (SSSR count). The first-order valence-electron chi connectivity index (χ1n) is 8.94. The van der Waals surface area contributed by atoms with Gasteiger partial charge in [-0.2, -0.15) is 0 Å². The highest BCUT2D eigenvalue weighted by molar-refractivity contribution is 6.37. The molecule has 0 aliphatic rings. The van der Waals surface area contributed by atoms with Gasteiger partial charge in [0.05, 0.1) is 0 Å². The molecule has 0 saturated heterocycles. The molecular weight excluding hydrogens is 288 g/mol. The summed E-state index contributed by atoms with van der Waals surface area (Å²) in [6.07, 6.45) is 24.5. The van der Waals surface area contributed by atoms with Crippen LogP contribution in [-0.2, 0) is 9.59 Å². The predicted octanol–water partition coefficient (Wildman–Crippen LogP) is 5.62. The summed E-state index contributed by atoms with van der Waals surface area (Å²) < 4.78 is 0. The van der Waals surface area contributed by atoms with Crippen molar-refractivity contribution in [3.63, 3.8) is 0 Å². The van der Waals surface area contributed by atoms with Crippen molar-refractivity contribution in [1.29, 1.82) is 0 Å². The summed E-state index contributed by atoms with van der Waals surface area (Å²) in [7, 11) is 0. The first kappa shape index (κ1) is 21.4. The fraction of sp³-hybridized carbons (Fsp3) is 0.600. The lowest BCUT2D eigenvalue weighted by Crippen LogP contribution is -2.08. The van der Waals surface area contributed by atoms with E-state index < -0.39 is 11.8 Å². The van der Waals surface area contributed by atoms with E-state index in [0.717, 1.165) is 12.5 Å². The Balaban J connectivity index is 3.39. The molecule has 0 aliphatic heterocycles. The zero-order valence-corrected chi connectivity index (χ0v) is 14.5. The molecule has 1 N–H and O–H groups in total. The number of carboxylic acids is 1. The van der Waals surface area contributed by atoms with Crippen LogP contribution in [0.5, 0.6) is 0 Å². The Hall–Kier alpha value is -1.64. The predicted molar refractivity (Wildman–Crippen MR) is 96.5 cm³/mol. The average Bonchev–Trinajstić information content (AvgIpc) is 2.54. The normalized spacial score (nSPS) is 11.9. The Labute approximate surface area is 141 Å². The average molecular weight is 320 g/mol. The zero-order valence-electron chi connectivity index (χ0n) is 14.5. The summed E-state index contributed by atoms with van der Waals surface area (Å²) in [5.41, 5.74) is 0. The Bertz CT molecular complexity index is 392. The van der Waals surface area contributed by atoms with E-state index in [1.165, 1.54) is 57.8 Å². The summed E-state index contributed by atoms with van der Waals surface area (Å²) in [4.78, 5) is 21.0. The van der Waals surface area contributed by atoms with Crippen molar-refractivity contribution in [2.75, 3.05) is 0 Å². The third-order valence-electron chi connectivity index (χ3n) is 3.61. The van der Waals surface area contributed by atoms with Crippen molar-refractivity contribution in [1.82, 2.24) is 0 Å². The Morgan fingerprint density at radius 2 is 1.35 bits per heavy atom. The van der Waals surface area contributed by atoms with Crippen molar-refractivity contribution in [2.45, 2.75) is 77.6 Å². The molecule has 0 aromatic heterocycles. The molecule has 0 aliphatic carbocycles. The lowest BCUT2D eigenvalue weighted by Gasteiger charge is -2.00. The summed E-state index contributed by atoms with van der Waals surface area (Å²) in [5.74, 6) is -2.29. The first-order chi connectivity index (χ1) is 11.2. The molecule has 23 heavy (non-hydrogen) atoms. The number of rotatable bonds is 15. The minimum absolute atomic E-state index is 0.571. The number of hydrogen-bond acceptors (Lipinski definition) is 2. The molecule has 0 bridgehead atoms. The SMILES string of the molecule is CCCCCCCCCCCC=CC=CCC=CC(=O)C(=O)O. The van der Waals surface area contributed by atoms with Crippen LogP contribution in [0.4, 0.5) is 0 Å². The molecule has 0 aromatic rings. The maximum atomic E-state index is 10.8. The third kappa shape index (κ3) is 16.6. The van der Waals surface area contributed by atoms with E-state index in [2.05, 4.69) is 13.0 Å². The topological polar surface area (TPSA) is 54.4 Å². The van der Waals surface area contributed by atoms with Crippen molar-refractivity contribution in [3.8, 4) is 0 Å². The minimum Gasteiger partial charge on any atom is -0.475 e. The van der Waals surface area contributed by atoms with E-state index in [4.69, 9.17) is 5.11 Å². The molecule has 0 fully saturated rings. The standard InChI is InChI=1S/C20H32O3/c1-2-3-4-5-6-7-8-9-10-11-12-13-14-15-16-17-18-19(21)20(22)23/h12-15,17-18H,2-11,16H2,1H3,(H,22,23). The van der Waals surface area contributed by atoms with Gasteiger partial charge in [-0.1, -0.05) is 88.7 Å². The third-order valence-corrected chi connectivity index (χ3v) is 3.61. The fourth-order valence-corrected chi connectivity index (χ4v) is 2.23. The van der Waals surface area contributed by atoms with Crippen LogP contribution in [0.1, 0.15) is 77.6 Å². The number of carboxylic acid groups (broad SMARTS) is 1. The van der Waals surface area contributed by atoms with E-state index in [9.17, 15) is 9.59 Å². The van der Waals surface area contributed by atoms with Gasteiger partial charge < -0.3 is 5.11 Å². The fourth-order valence-electron chi connectivity index (χ4n) is 2.23. The van der Waals surface area contributed by atoms with Crippen LogP contribution in [0.3, 0.4) is 0 Å². The number of ketones is 1. The van der Waals surface area contributed by atoms with Gasteiger partial charge in [-0.3, -0.25) is 4.79 Å². The van der Waals surface area contributed by atoms with Crippen LogP contribution in [0.25, 0.3) is 0 Å². The summed E-state index contributed by atoms with van der Waals surface area (Å²) >= 11 is 0. The second-order valence-corrected chi connectivity index (χ2v) is 5.78. The summed E-state index contributed by atoms with van der Waals surface area (Å²) in [6.45, 7) is 2.25. The number of aliphatic carboxylic acids is 1. The van der Waals surface area contributed by atoms with Gasteiger partial charge in [-0.15, -0.1) is 0 Å². The number of carbonyl (C=O) groups is 2. The molecular formula is C20H32O3. The van der Waals surface area contributed by atoms with E-state index in [1.807, 2.05) is 18.2 Å². The lowest BCUT2D eigenvalue weighted by atomic mass is 10.1. The number of unbranched alkanes of at least 4 members (excludes halogenated alkanes) is 9. The Kier molecular flexibility index (Phi) is 15.5. The maximum Gasteiger partial charge on any atom is 0.376 e. The van der Waals surface area contributed by atoms with Gasteiger partial charge in [0.1, 0.15) is 0 Å². The van der Waals surface area contributed by atoms with Crippen molar-refractivity contribution in [3.05, 3.63) is 36.5 Å². The molecule has 0 aromatic carbocycles. The van der Waals surface area contributed by atoms with Crippen molar-refractivity contribution < 1.29 is 14.7 Å². The first-order valence-corrected chi connectivity index (χ1v) is 8.94. The van der Waals surface area contributed by atoms with Gasteiger partial charge in [-0.25, -0.2) is 4.79 Å².